The van der Waals surface area contributed by atoms with Gasteiger partial charge < -0.3 is 20.4 Å². The number of halogens is 1. The molecule has 0 bridgehead atoms. The van der Waals surface area contributed by atoms with E-state index in [1.54, 1.807) is 42.7 Å². The zero-order valence-electron chi connectivity index (χ0n) is 13.5. The van der Waals surface area contributed by atoms with Gasteiger partial charge in [-0.25, -0.2) is 4.79 Å². The van der Waals surface area contributed by atoms with Gasteiger partial charge in [-0.3, -0.25) is 4.79 Å². The van der Waals surface area contributed by atoms with E-state index in [0.717, 1.165) is 0 Å². The highest BCUT2D eigenvalue weighted by Gasteiger charge is 2.24. The van der Waals surface area contributed by atoms with E-state index in [4.69, 9.17) is 16.0 Å². The number of nitrogens with one attached hydrogen (secondary N) is 3. The summed E-state index contributed by atoms with van der Waals surface area (Å²) in [6.45, 7) is 3.99. The van der Waals surface area contributed by atoms with Gasteiger partial charge in [-0.2, -0.15) is 0 Å². The topological polar surface area (TPSA) is 83.4 Å². The van der Waals surface area contributed by atoms with Gasteiger partial charge in [-0.15, -0.1) is 0 Å². The van der Waals surface area contributed by atoms with Crippen LogP contribution in [0, 0.1) is 5.92 Å². The monoisotopic (exact) mass is 349 g/mol. The number of urea groups is 1. The van der Waals surface area contributed by atoms with Gasteiger partial charge in [0.15, 0.2) is 0 Å². The number of benzene rings is 1. The minimum atomic E-state index is -0.660. The van der Waals surface area contributed by atoms with Crippen LogP contribution in [0.1, 0.15) is 19.6 Å². The first kappa shape index (κ1) is 17.9. The van der Waals surface area contributed by atoms with Crippen molar-refractivity contribution in [1.82, 2.24) is 10.6 Å². The smallest absolute Gasteiger partial charge is 0.319 e. The molecule has 128 valence electrons. The molecule has 0 aliphatic heterocycles. The molecule has 3 amide bonds. The molecule has 1 aromatic carbocycles. The third-order valence-electron chi connectivity index (χ3n) is 3.35. The standard InChI is InChI=1S/C17H20ClN3O3/c1-11(2)15(16(22)19-10-14-4-3-9-24-14)21-17(23)20-13-7-5-12(18)6-8-13/h3-9,11,15H,10H2,1-2H3,(H,19,22)(H2,20,21,23)/t15-/m1/s1. The molecule has 3 N–H and O–H groups in total. The van der Waals surface area contributed by atoms with E-state index in [1.165, 1.54) is 0 Å². The van der Waals surface area contributed by atoms with E-state index in [9.17, 15) is 9.59 Å². The molecule has 1 heterocycles. The van der Waals surface area contributed by atoms with Crippen LogP contribution in [0.3, 0.4) is 0 Å². The summed E-state index contributed by atoms with van der Waals surface area (Å²) in [5, 5.41) is 8.69. The number of carbonyl (C=O) groups is 2. The Bertz CT molecular complexity index is 669. The second kappa shape index (κ2) is 8.40. The fraction of sp³-hybridized carbons (Fsp3) is 0.294. The molecule has 1 aromatic heterocycles. The molecular weight excluding hydrogens is 330 g/mol. The Morgan fingerprint density at radius 3 is 2.46 bits per heavy atom. The van der Waals surface area contributed by atoms with Crippen molar-refractivity contribution in [2.45, 2.75) is 26.4 Å². The van der Waals surface area contributed by atoms with Gasteiger partial charge in [0, 0.05) is 10.7 Å². The molecule has 0 spiro atoms. The molecule has 6 nitrogen and oxygen atoms in total. The average molecular weight is 350 g/mol. The van der Waals surface area contributed by atoms with Crippen LogP contribution in [0.5, 0.6) is 0 Å². The first-order chi connectivity index (χ1) is 11.5. The molecule has 0 aliphatic rings. The number of carbonyl (C=O) groups excluding carboxylic acids is 2. The fourth-order valence-corrected chi connectivity index (χ4v) is 2.20. The minimum absolute atomic E-state index is 0.0717. The number of anilines is 1. The van der Waals surface area contributed by atoms with Crippen molar-refractivity contribution in [3.8, 4) is 0 Å². The highest BCUT2D eigenvalue weighted by Crippen LogP contribution is 2.13. The van der Waals surface area contributed by atoms with Crippen molar-refractivity contribution in [1.29, 1.82) is 0 Å². The van der Waals surface area contributed by atoms with Crippen LogP contribution in [0.4, 0.5) is 10.5 Å². The van der Waals surface area contributed by atoms with Gasteiger partial charge in [0.1, 0.15) is 11.8 Å². The lowest BCUT2D eigenvalue weighted by molar-refractivity contribution is -0.124. The number of hydrogen-bond donors (Lipinski definition) is 3. The van der Waals surface area contributed by atoms with E-state index in [-0.39, 0.29) is 18.4 Å². The Balaban J connectivity index is 1.90. The summed E-state index contributed by atoms with van der Waals surface area (Å²) in [6.07, 6.45) is 1.54. The molecule has 0 fully saturated rings. The summed E-state index contributed by atoms with van der Waals surface area (Å²) in [4.78, 5) is 24.4. The van der Waals surface area contributed by atoms with Crippen molar-refractivity contribution in [2.75, 3.05) is 5.32 Å². The first-order valence-corrected chi connectivity index (χ1v) is 7.96. The predicted octanol–water partition coefficient (Wildman–Crippen LogP) is 3.40. The average Bonchev–Trinajstić information content (AvgIpc) is 3.06. The van der Waals surface area contributed by atoms with Gasteiger partial charge in [0.25, 0.3) is 0 Å². The van der Waals surface area contributed by atoms with Crippen molar-refractivity contribution >= 4 is 29.2 Å². The third-order valence-corrected chi connectivity index (χ3v) is 3.61. The Labute approximate surface area is 145 Å². The van der Waals surface area contributed by atoms with E-state index in [2.05, 4.69) is 16.0 Å². The van der Waals surface area contributed by atoms with Crippen LogP contribution in [0.15, 0.2) is 47.1 Å². The Morgan fingerprint density at radius 1 is 1.17 bits per heavy atom. The van der Waals surface area contributed by atoms with Gasteiger partial charge in [-0.05, 0) is 42.3 Å². The SMILES string of the molecule is CC(C)[C@@H](NC(=O)Nc1ccc(Cl)cc1)C(=O)NCc1ccco1. The normalized spacial score (nSPS) is 11.8. The van der Waals surface area contributed by atoms with Crippen LogP contribution in [0.2, 0.25) is 5.02 Å². The lowest BCUT2D eigenvalue weighted by Gasteiger charge is -2.21. The molecule has 1 atom stereocenters. The van der Waals surface area contributed by atoms with E-state index in [0.29, 0.717) is 16.5 Å². The lowest BCUT2D eigenvalue weighted by atomic mass is 10.0. The van der Waals surface area contributed by atoms with Crippen LogP contribution in [0.25, 0.3) is 0 Å². The third kappa shape index (κ3) is 5.31. The fourth-order valence-electron chi connectivity index (χ4n) is 2.07. The number of furan rings is 1. The molecule has 0 aliphatic carbocycles. The van der Waals surface area contributed by atoms with Crippen molar-refractivity contribution in [2.24, 2.45) is 5.92 Å². The largest absolute Gasteiger partial charge is 0.467 e. The predicted molar refractivity (Wildman–Crippen MR) is 92.8 cm³/mol. The van der Waals surface area contributed by atoms with Gasteiger partial charge in [0.2, 0.25) is 5.91 Å². The number of amides is 3. The van der Waals surface area contributed by atoms with Crippen LogP contribution < -0.4 is 16.0 Å². The highest BCUT2D eigenvalue weighted by molar-refractivity contribution is 6.30. The molecule has 7 heteroatoms. The molecule has 0 unspecified atom stereocenters. The maximum absolute atomic E-state index is 12.3. The minimum Gasteiger partial charge on any atom is -0.467 e. The summed E-state index contributed by atoms with van der Waals surface area (Å²) in [5.74, 6) is 0.307. The van der Waals surface area contributed by atoms with E-state index < -0.39 is 12.1 Å². The van der Waals surface area contributed by atoms with Crippen LogP contribution in [-0.4, -0.2) is 18.0 Å². The molecule has 2 aromatic rings. The quantitative estimate of drug-likeness (QED) is 0.747. The first-order valence-electron chi connectivity index (χ1n) is 7.59. The van der Waals surface area contributed by atoms with E-state index in [1.807, 2.05) is 13.8 Å². The summed E-state index contributed by atoms with van der Waals surface area (Å²) < 4.78 is 5.17. The molecule has 0 saturated heterocycles. The van der Waals surface area contributed by atoms with Gasteiger partial charge >= 0.3 is 6.03 Å². The number of rotatable bonds is 6. The Hall–Kier alpha value is -2.47. The Morgan fingerprint density at radius 2 is 1.88 bits per heavy atom. The lowest BCUT2D eigenvalue weighted by Crippen LogP contribution is -2.50. The van der Waals surface area contributed by atoms with Crippen molar-refractivity contribution in [3.05, 3.63) is 53.4 Å². The zero-order chi connectivity index (χ0) is 17.5. The van der Waals surface area contributed by atoms with Crippen molar-refractivity contribution < 1.29 is 14.0 Å². The zero-order valence-corrected chi connectivity index (χ0v) is 14.3. The maximum Gasteiger partial charge on any atom is 0.319 e. The van der Waals surface area contributed by atoms with Gasteiger partial charge in [-0.1, -0.05) is 25.4 Å². The van der Waals surface area contributed by atoms with Crippen molar-refractivity contribution in [3.63, 3.8) is 0 Å². The van der Waals surface area contributed by atoms with Crippen LogP contribution >= 0.6 is 11.6 Å². The maximum atomic E-state index is 12.3. The summed E-state index contributed by atoms with van der Waals surface area (Å²) in [7, 11) is 0. The molecule has 24 heavy (non-hydrogen) atoms. The molecule has 0 saturated carbocycles. The second-order valence-electron chi connectivity index (χ2n) is 5.62. The van der Waals surface area contributed by atoms with Gasteiger partial charge in [0.05, 0.1) is 12.8 Å². The highest BCUT2D eigenvalue weighted by atomic mass is 35.5. The summed E-state index contributed by atoms with van der Waals surface area (Å²) >= 11 is 5.80. The number of hydrogen-bond acceptors (Lipinski definition) is 3. The molecule has 0 radical (unpaired) electrons. The second-order valence-corrected chi connectivity index (χ2v) is 6.06. The summed E-state index contributed by atoms with van der Waals surface area (Å²) in [5.41, 5.74) is 0.593. The van der Waals surface area contributed by atoms with E-state index >= 15 is 0 Å². The Kier molecular flexibility index (Phi) is 6.26. The molecular formula is C17H20ClN3O3. The summed E-state index contributed by atoms with van der Waals surface area (Å²) in [6, 6.07) is 9.12. The van der Waals surface area contributed by atoms with Crippen LogP contribution in [-0.2, 0) is 11.3 Å². The molecule has 2 rings (SSSR count).